The second-order valence-corrected chi connectivity index (χ2v) is 5.86. The van der Waals surface area contributed by atoms with Gasteiger partial charge in [-0.15, -0.1) is 0 Å². The molecule has 0 saturated heterocycles. The second kappa shape index (κ2) is 6.72. The lowest BCUT2D eigenvalue weighted by Crippen LogP contribution is -3.00. The van der Waals surface area contributed by atoms with E-state index < -0.39 is 0 Å². The Morgan fingerprint density at radius 1 is 1.29 bits per heavy atom. The van der Waals surface area contributed by atoms with Gasteiger partial charge in [0.05, 0.1) is 5.56 Å². The van der Waals surface area contributed by atoms with E-state index in [2.05, 4.69) is 11.7 Å². The Balaban J connectivity index is 0.00000144. The summed E-state index contributed by atoms with van der Waals surface area (Å²) in [7, 11) is 0.268. The van der Waals surface area contributed by atoms with Crippen LogP contribution in [0, 0.1) is 0 Å². The number of allylic oxidation sites excluding steroid dienone is 1. The van der Waals surface area contributed by atoms with E-state index in [4.69, 9.17) is 4.74 Å². The maximum atomic E-state index is 11.8. The van der Waals surface area contributed by atoms with E-state index in [1.54, 1.807) is 12.1 Å². The summed E-state index contributed by atoms with van der Waals surface area (Å²) >= 11 is 0. The smallest absolute Gasteiger partial charge is 0.343 e. The molecule has 1 aromatic carbocycles. The Bertz CT molecular complexity index is 403. The minimum absolute atomic E-state index is 0. The summed E-state index contributed by atoms with van der Waals surface area (Å²) in [5.41, 5.74) is 0.616. The number of ether oxygens (including phenoxy) is 1. The van der Waals surface area contributed by atoms with Gasteiger partial charge in [-0.3, -0.25) is 0 Å². The van der Waals surface area contributed by atoms with Gasteiger partial charge in [-0.2, -0.15) is 0 Å². The monoisotopic (exact) mass is 270 g/mol. The fraction of sp³-hybridized carbons (Fsp3) is 0.308. The molecule has 0 bridgehead atoms. The third kappa shape index (κ3) is 4.10. The van der Waals surface area contributed by atoms with E-state index in [-0.39, 0.29) is 29.3 Å². The molecule has 0 aromatic heterocycles. The molecule has 0 amide bonds. The van der Waals surface area contributed by atoms with Crippen molar-refractivity contribution in [3.05, 3.63) is 47.1 Å². The molecule has 2 nitrogen and oxygen atoms in total. The predicted molar refractivity (Wildman–Crippen MR) is 67.3 cm³/mol. The van der Waals surface area contributed by atoms with Gasteiger partial charge in [0.1, 0.15) is 12.0 Å². The Labute approximate surface area is 111 Å². The van der Waals surface area contributed by atoms with Gasteiger partial charge < -0.3 is 17.1 Å². The van der Waals surface area contributed by atoms with E-state index >= 15 is 0 Å². The fourth-order valence-electron chi connectivity index (χ4n) is 1.64. The maximum absolute atomic E-state index is 11.8. The van der Waals surface area contributed by atoms with Gasteiger partial charge in [0.15, 0.2) is 11.2 Å². The number of esters is 1. The molecule has 4 heteroatoms. The first-order valence-electron chi connectivity index (χ1n) is 5.35. The summed E-state index contributed by atoms with van der Waals surface area (Å²) in [6.07, 6.45) is 4.18. The zero-order valence-corrected chi connectivity index (χ0v) is 11.3. The number of halogens is 1. The van der Waals surface area contributed by atoms with Crippen molar-refractivity contribution in [2.45, 2.75) is 12.8 Å². The number of carbonyl (C=O) groups is 1. The van der Waals surface area contributed by atoms with Crippen LogP contribution >= 0.6 is 0 Å². The van der Waals surface area contributed by atoms with Gasteiger partial charge in [0.2, 0.25) is 0 Å². The Morgan fingerprint density at radius 3 is 2.65 bits per heavy atom. The standard InChI is InChI=1S/C13H15O2S.ClH/c1-16-9-5-8-12(10-16)15-13(14)11-6-3-2-4-7-11;/h2-4,6-7,10H,5,8-9H2,1H3;1H/q+1;/p-1. The number of hydrogen-bond acceptors (Lipinski definition) is 2. The number of carbonyl (C=O) groups excluding carboxylic acids is 1. The van der Waals surface area contributed by atoms with E-state index in [1.807, 2.05) is 18.2 Å². The first-order valence-corrected chi connectivity index (χ1v) is 7.21. The summed E-state index contributed by atoms with van der Waals surface area (Å²) in [5.74, 6) is 1.81. The van der Waals surface area contributed by atoms with Crippen molar-refractivity contribution in [1.29, 1.82) is 0 Å². The quantitative estimate of drug-likeness (QED) is 0.546. The lowest BCUT2D eigenvalue weighted by atomic mass is 10.2. The van der Waals surface area contributed by atoms with Crippen molar-refractivity contribution in [3.8, 4) is 0 Å². The molecular weight excluding hydrogens is 256 g/mol. The molecule has 1 atom stereocenters. The van der Waals surface area contributed by atoms with Gasteiger partial charge in [-0.05, 0) is 18.6 Å². The van der Waals surface area contributed by atoms with Crippen LogP contribution in [-0.2, 0) is 15.6 Å². The average molecular weight is 271 g/mol. The first-order chi connectivity index (χ1) is 7.75. The molecule has 0 N–H and O–H groups in total. The van der Waals surface area contributed by atoms with Crippen molar-refractivity contribution < 1.29 is 21.9 Å². The van der Waals surface area contributed by atoms with E-state index in [0.717, 1.165) is 18.6 Å². The molecule has 92 valence electrons. The highest BCUT2D eigenvalue weighted by Gasteiger charge is 2.20. The summed E-state index contributed by atoms with van der Waals surface area (Å²) < 4.78 is 5.38. The van der Waals surface area contributed by atoms with Crippen LogP contribution in [0.3, 0.4) is 0 Å². The van der Waals surface area contributed by atoms with Gasteiger partial charge in [-0.1, -0.05) is 18.2 Å². The Hall–Kier alpha value is -0.930. The van der Waals surface area contributed by atoms with Crippen LogP contribution in [0.1, 0.15) is 23.2 Å². The van der Waals surface area contributed by atoms with E-state index in [9.17, 15) is 4.79 Å². The van der Waals surface area contributed by atoms with Crippen LogP contribution in [-0.4, -0.2) is 18.0 Å². The van der Waals surface area contributed by atoms with Crippen LogP contribution < -0.4 is 12.4 Å². The van der Waals surface area contributed by atoms with Crippen molar-refractivity contribution in [1.82, 2.24) is 0 Å². The first kappa shape index (κ1) is 14.1. The summed E-state index contributed by atoms with van der Waals surface area (Å²) in [6, 6.07) is 9.13. The normalized spacial score (nSPS) is 18.9. The number of rotatable bonds is 2. The molecule has 1 unspecified atom stereocenters. The fourth-order valence-corrected chi connectivity index (χ4v) is 2.98. The molecular formula is C13H15ClO2S. The minimum atomic E-state index is -0.245. The van der Waals surface area contributed by atoms with Crippen molar-refractivity contribution in [2.24, 2.45) is 0 Å². The molecule has 1 aliphatic rings. The van der Waals surface area contributed by atoms with Crippen molar-refractivity contribution in [2.75, 3.05) is 12.0 Å². The molecule has 0 radical (unpaired) electrons. The van der Waals surface area contributed by atoms with Crippen LogP contribution in [0.2, 0.25) is 0 Å². The third-order valence-corrected chi connectivity index (χ3v) is 4.05. The molecule has 1 aliphatic heterocycles. The van der Waals surface area contributed by atoms with Gasteiger partial charge >= 0.3 is 5.97 Å². The SMILES string of the molecule is C[S+]1C=C(OC(=O)c2ccccc2)CCC1.[Cl-]. The molecule has 0 spiro atoms. The molecule has 1 aromatic rings. The third-order valence-electron chi connectivity index (χ3n) is 2.46. The zero-order valence-electron chi connectivity index (χ0n) is 9.69. The van der Waals surface area contributed by atoms with Crippen LogP contribution in [0.25, 0.3) is 0 Å². The predicted octanol–water partition coefficient (Wildman–Crippen LogP) is -0.269. The highest BCUT2D eigenvalue weighted by atomic mass is 35.5. The van der Waals surface area contributed by atoms with Crippen LogP contribution in [0.15, 0.2) is 41.5 Å². The molecule has 0 saturated carbocycles. The molecule has 0 fully saturated rings. The Morgan fingerprint density at radius 2 is 2.00 bits per heavy atom. The van der Waals surface area contributed by atoms with Crippen LogP contribution in [0.5, 0.6) is 0 Å². The number of benzene rings is 1. The van der Waals surface area contributed by atoms with Gasteiger partial charge in [-0.25, -0.2) is 4.79 Å². The molecule has 0 aliphatic carbocycles. The maximum Gasteiger partial charge on any atom is 0.343 e. The molecule has 2 rings (SSSR count). The topological polar surface area (TPSA) is 26.3 Å². The second-order valence-electron chi connectivity index (χ2n) is 3.84. The van der Waals surface area contributed by atoms with E-state index in [0.29, 0.717) is 5.56 Å². The summed E-state index contributed by atoms with van der Waals surface area (Å²) in [5, 5.41) is 2.09. The van der Waals surface area contributed by atoms with Crippen molar-refractivity contribution in [3.63, 3.8) is 0 Å². The molecule has 1 heterocycles. The highest BCUT2D eigenvalue weighted by Crippen LogP contribution is 2.19. The van der Waals surface area contributed by atoms with Gasteiger partial charge in [0.25, 0.3) is 0 Å². The largest absolute Gasteiger partial charge is 1.00 e. The zero-order chi connectivity index (χ0) is 11.4. The van der Waals surface area contributed by atoms with Crippen molar-refractivity contribution >= 4 is 16.9 Å². The highest BCUT2D eigenvalue weighted by molar-refractivity contribution is 7.99. The lowest BCUT2D eigenvalue weighted by molar-refractivity contribution is -0.0000195. The average Bonchev–Trinajstić information content (AvgIpc) is 2.30. The van der Waals surface area contributed by atoms with Gasteiger partial charge in [0, 0.05) is 17.3 Å². The lowest BCUT2D eigenvalue weighted by Gasteiger charge is -2.11. The van der Waals surface area contributed by atoms with E-state index in [1.165, 1.54) is 5.75 Å². The van der Waals surface area contributed by atoms with Crippen LogP contribution in [0.4, 0.5) is 0 Å². The number of hydrogen-bond donors (Lipinski definition) is 0. The minimum Gasteiger partial charge on any atom is -1.00 e. The molecule has 17 heavy (non-hydrogen) atoms. The summed E-state index contributed by atoms with van der Waals surface area (Å²) in [4.78, 5) is 11.8. The Kier molecular flexibility index (Phi) is 5.59. The summed E-state index contributed by atoms with van der Waals surface area (Å²) in [6.45, 7) is 0.